The number of aromatic nitrogens is 1. The normalized spacial score (nSPS) is 17.5. The van der Waals surface area contributed by atoms with Gasteiger partial charge in [-0.3, -0.25) is 0 Å². The quantitative estimate of drug-likeness (QED) is 0.573. The van der Waals surface area contributed by atoms with Crippen LogP contribution in [0.4, 0.5) is 5.82 Å². The van der Waals surface area contributed by atoms with E-state index in [0.29, 0.717) is 5.92 Å². The Balaban J connectivity index is 2.05. The lowest BCUT2D eigenvalue weighted by Crippen LogP contribution is -2.33. The standard InChI is InChI=1S/C12H13BrN2/c1-2-10-6-8-15(9-7-10)12-5-3-4-11(13)14-12/h1,3-5,10H,6-9H2. The molecule has 3 heteroatoms. The minimum atomic E-state index is 0.452. The summed E-state index contributed by atoms with van der Waals surface area (Å²) in [5.74, 6) is 4.32. The van der Waals surface area contributed by atoms with Crippen LogP contribution in [0.5, 0.6) is 0 Å². The van der Waals surface area contributed by atoms with Crippen LogP contribution in [0.3, 0.4) is 0 Å². The van der Waals surface area contributed by atoms with E-state index in [-0.39, 0.29) is 0 Å². The molecule has 2 heterocycles. The molecule has 0 N–H and O–H groups in total. The molecule has 0 aliphatic carbocycles. The van der Waals surface area contributed by atoms with E-state index in [1.807, 2.05) is 18.2 Å². The molecule has 0 unspecified atom stereocenters. The van der Waals surface area contributed by atoms with Gasteiger partial charge in [0.05, 0.1) is 0 Å². The van der Waals surface area contributed by atoms with Crippen molar-refractivity contribution in [3.63, 3.8) is 0 Å². The van der Waals surface area contributed by atoms with Crippen molar-refractivity contribution in [3.8, 4) is 12.3 Å². The second kappa shape index (κ2) is 4.67. The summed E-state index contributed by atoms with van der Waals surface area (Å²) in [5, 5.41) is 0. The Morgan fingerprint density at radius 3 is 2.73 bits per heavy atom. The van der Waals surface area contributed by atoms with Crippen molar-refractivity contribution in [2.45, 2.75) is 12.8 Å². The highest BCUT2D eigenvalue weighted by atomic mass is 79.9. The maximum absolute atomic E-state index is 5.42. The minimum absolute atomic E-state index is 0.452. The second-order valence-electron chi connectivity index (χ2n) is 3.75. The smallest absolute Gasteiger partial charge is 0.129 e. The Morgan fingerprint density at radius 1 is 1.40 bits per heavy atom. The first-order chi connectivity index (χ1) is 7.29. The average molecular weight is 265 g/mol. The van der Waals surface area contributed by atoms with Crippen molar-refractivity contribution in [1.29, 1.82) is 0 Å². The maximum Gasteiger partial charge on any atom is 0.129 e. The second-order valence-corrected chi connectivity index (χ2v) is 4.56. The lowest BCUT2D eigenvalue weighted by atomic mass is 9.98. The first-order valence-corrected chi connectivity index (χ1v) is 5.92. The third kappa shape index (κ3) is 2.51. The van der Waals surface area contributed by atoms with Gasteiger partial charge in [0.2, 0.25) is 0 Å². The van der Waals surface area contributed by atoms with E-state index in [1.165, 1.54) is 0 Å². The summed E-state index contributed by atoms with van der Waals surface area (Å²) < 4.78 is 0.888. The van der Waals surface area contributed by atoms with Crippen LogP contribution in [-0.2, 0) is 0 Å². The summed E-state index contributed by atoms with van der Waals surface area (Å²) >= 11 is 3.38. The van der Waals surface area contributed by atoms with Gasteiger partial charge >= 0.3 is 0 Å². The van der Waals surface area contributed by atoms with E-state index in [4.69, 9.17) is 6.42 Å². The molecule has 1 aromatic heterocycles. The van der Waals surface area contributed by atoms with Crippen LogP contribution >= 0.6 is 15.9 Å². The van der Waals surface area contributed by atoms with Gasteiger partial charge in [-0.1, -0.05) is 6.07 Å². The molecule has 0 spiro atoms. The molecule has 0 atom stereocenters. The number of piperidine rings is 1. The lowest BCUT2D eigenvalue weighted by Gasteiger charge is -2.30. The number of halogens is 1. The highest BCUT2D eigenvalue weighted by Crippen LogP contribution is 2.22. The monoisotopic (exact) mass is 264 g/mol. The van der Waals surface area contributed by atoms with E-state index < -0.39 is 0 Å². The highest BCUT2D eigenvalue weighted by molar-refractivity contribution is 9.10. The molecular formula is C12H13BrN2. The van der Waals surface area contributed by atoms with Crippen molar-refractivity contribution >= 4 is 21.7 Å². The van der Waals surface area contributed by atoms with Crippen LogP contribution in [0, 0.1) is 18.3 Å². The number of terminal acetylenes is 1. The van der Waals surface area contributed by atoms with Crippen LogP contribution < -0.4 is 4.90 Å². The van der Waals surface area contributed by atoms with E-state index in [1.54, 1.807) is 0 Å². The lowest BCUT2D eigenvalue weighted by molar-refractivity contribution is 0.489. The maximum atomic E-state index is 5.42. The van der Waals surface area contributed by atoms with Crippen LogP contribution in [0.2, 0.25) is 0 Å². The minimum Gasteiger partial charge on any atom is -0.356 e. The molecule has 2 nitrogen and oxygen atoms in total. The van der Waals surface area contributed by atoms with Gasteiger partial charge in [-0.2, -0.15) is 0 Å². The predicted molar refractivity (Wildman–Crippen MR) is 65.7 cm³/mol. The van der Waals surface area contributed by atoms with Crippen LogP contribution in [0.1, 0.15) is 12.8 Å². The first kappa shape index (κ1) is 10.5. The van der Waals surface area contributed by atoms with Crippen LogP contribution in [-0.4, -0.2) is 18.1 Å². The average Bonchev–Trinajstić information content (AvgIpc) is 2.29. The molecule has 1 aliphatic heterocycles. The molecule has 0 bridgehead atoms. The molecule has 0 saturated carbocycles. The summed E-state index contributed by atoms with van der Waals surface area (Å²) in [6, 6.07) is 6.00. The van der Waals surface area contributed by atoms with Gasteiger partial charge in [0.1, 0.15) is 10.4 Å². The third-order valence-electron chi connectivity index (χ3n) is 2.76. The van der Waals surface area contributed by atoms with Crippen molar-refractivity contribution < 1.29 is 0 Å². The molecule has 1 fully saturated rings. The van der Waals surface area contributed by atoms with Crippen LogP contribution in [0.25, 0.3) is 0 Å². The van der Waals surface area contributed by atoms with Gasteiger partial charge in [-0.05, 0) is 40.9 Å². The fraction of sp³-hybridized carbons (Fsp3) is 0.417. The zero-order valence-electron chi connectivity index (χ0n) is 8.49. The van der Waals surface area contributed by atoms with E-state index in [0.717, 1.165) is 36.4 Å². The van der Waals surface area contributed by atoms with Crippen LogP contribution in [0.15, 0.2) is 22.8 Å². The zero-order chi connectivity index (χ0) is 10.7. The molecule has 1 aromatic rings. The Hall–Kier alpha value is -1.01. The molecule has 2 rings (SSSR count). The van der Waals surface area contributed by atoms with Crippen molar-refractivity contribution in [2.24, 2.45) is 5.92 Å². The van der Waals surface area contributed by atoms with Gasteiger partial charge in [-0.25, -0.2) is 4.98 Å². The molecule has 1 aliphatic rings. The summed E-state index contributed by atoms with van der Waals surface area (Å²) in [6.45, 7) is 2.02. The summed E-state index contributed by atoms with van der Waals surface area (Å²) in [7, 11) is 0. The third-order valence-corrected chi connectivity index (χ3v) is 3.20. The fourth-order valence-electron chi connectivity index (χ4n) is 1.85. The molecular weight excluding hydrogens is 252 g/mol. The first-order valence-electron chi connectivity index (χ1n) is 5.13. The predicted octanol–water partition coefficient (Wildman–Crippen LogP) is 2.69. The largest absolute Gasteiger partial charge is 0.356 e. The molecule has 0 amide bonds. The number of pyridine rings is 1. The van der Waals surface area contributed by atoms with Crippen molar-refractivity contribution in [3.05, 3.63) is 22.8 Å². The van der Waals surface area contributed by atoms with Gasteiger partial charge in [0, 0.05) is 19.0 Å². The Bertz CT molecular complexity index is 375. The molecule has 78 valence electrons. The topological polar surface area (TPSA) is 16.1 Å². The summed E-state index contributed by atoms with van der Waals surface area (Å²) in [4.78, 5) is 6.73. The number of hydrogen-bond donors (Lipinski definition) is 0. The van der Waals surface area contributed by atoms with Crippen molar-refractivity contribution in [2.75, 3.05) is 18.0 Å². The Labute approximate surface area is 98.8 Å². The fourth-order valence-corrected chi connectivity index (χ4v) is 2.18. The summed E-state index contributed by atoms with van der Waals surface area (Å²) in [6.07, 6.45) is 7.57. The van der Waals surface area contributed by atoms with Gasteiger partial charge in [0.15, 0.2) is 0 Å². The number of hydrogen-bond acceptors (Lipinski definition) is 2. The Morgan fingerprint density at radius 2 is 2.13 bits per heavy atom. The zero-order valence-corrected chi connectivity index (χ0v) is 10.1. The van der Waals surface area contributed by atoms with Crippen molar-refractivity contribution in [1.82, 2.24) is 4.98 Å². The Kier molecular flexibility index (Phi) is 3.27. The summed E-state index contributed by atoms with van der Waals surface area (Å²) in [5.41, 5.74) is 0. The van der Waals surface area contributed by atoms with E-state index in [9.17, 15) is 0 Å². The molecule has 0 aromatic carbocycles. The van der Waals surface area contributed by atoms with Gasteiger partial charge in [0.25, 0.3) is 0 Å². The molecule has 1 saturated heterocycles. The van der Waals surface area contributed by atoms with Gasteiger partial charge < -0.3 is 4.90 Å². The molecule has 15 heavy (non-hydrogen) atoms. The SMILES string of the molecule is C#CC1CCN(c2cccc(Br)n2)CC1. The van der Waals surface area contributed by atoms with E-state index >= 15 is 0 Å². The number of rotatable bonds is 1. The highest BCUT2D eigenvalue weighted by Gasteiger charge is 2.18. The number of nitrogens with zero attached hydrogens (tertiary/aromatic N) is 2. The van der Waals surface area contributed by atoms with E-state index in [2.05, 4.69) is 31.7 Å². The number of anilines is 1. The molecule has 0 radical (unpaired) electrons. The van der Waals surface area contributed by atoms with Gasteiger partial charge in [-0.15, -0.1) is 12.3 Å².